The molecule has 0 aliphatic heterocycles. The van der Waals surface area contributed by atoms with E-state index in [4.69, 9.17) is 4.74 Å². The van der Waals surface area contributed by atoms with Crippen molar-refractivity contribution in [3.63, 3.8) is 0 Å². The van der Waals surface area contributed by atoms with Gasteiger partial charge < -0.3 is 15.2 Å². The van der Waals surface area contributed by atoms with Crippen LogP contribution in [-0.2, 0) is 0 Å². The Bertz CT molecular complexity index is 613. The molecule has 0 saturated heterocycles. The lowest BCUT2D eigenvalue weighted by molar-refractivity contribution is 0.102. The third-order valence-corrected chi connectivity index (χ3v) is 3.51. The summed E-state index contributed by atoms with van der Waals surface area (Å²) < 4.78 is 5.91. The molecule has 19 heavy (non-hydrogen) atoms. The van der Waals surface area contributed by atoms with Crippen molar-refractivity contribution in [2.75, 3.05) is 12.4 Å². The second-order valence-corrected chi connectivity index (χ2v) is 4.98. The number of hydrogen-bond donors (Lipinski definition) is 2. The number of rotatable bonds is 3. The van der Waals surface area contributed by atoms with Crippen LogP contribution in [-0.4, -0.2) is 18.1 Å². The van der Waals surface area contributed by atoms with Crippen LogP contribution < -0.4 is 10.1 Å². The molecule has 0 fully saturated rings. The Morgan fingerprint density at radius 2 is 2.00 bits per heavy atom. The number of aromatic hydroxyl groups is 1. The topological polar surface area (TPSA) is 58.6 Å². The van der Waals surface area contributed by atoms with Crippen LogP contribution >= 0.6 is 22.6 Å². The van der Waals surface area contributed by atoms with Crippen molar-refractivity contribution in [3.05, 3.63) is 51.6 Å². The molecule has 2 aromatic rings. The third-order valence-electron chi connectivity index (χ3n) is 2.57. The van der Waals surface area contributed by atoms with Gasteiger partial charge in [-0.15, -0.1) is 0 Å². The molecule has 0 atom stereocenters. The summed E-state index contributed by atoms with van der Waals surface area (Å²) in [6, 6.07) is 12.0. The second kappa shape index (κ2) is 5.92. The fraction of sp³-hybridized carbons (Fsp3) is 0.0714. The maximum Gasteiger partial charge on any atom is 0.259 e. The van der Waals surface area contributed by atoms with Gasteiger partial charge in [-0.25, -0.2) is 0 Å². The Labute approximate surface area is 124 Å². The van der Waals surface area contributed by atoms with Gasteiger partial charge in [0.2, 0.25) is 0 Å². The summed E-state index contributed by atoms with van der Waals surface area (Å²) in [6.45, 7) is 0. The predicted octanol–water partition coefficient (Wildman–Crippen LogP) is 3.26. The quantitative estimate of drug-likeness (QED) is 0.817. The number of benzene rings is 2. The first kappa shape index (κ1) is 13.7. The first-order valence-corrected chi connectivity index (χ1v) is 6.62. The largest absolute Gasteiger partial charge is 0.507 e. The van der Waals surface area contributed by atoms with Gasteiger partial charge >= 0.3 is 0 Å². The molecule has 0 unspecified atom stereocenters. The van der Waals surface area contributed by atoms with E-state index in [1.165, 1.54) is 19.2 Å². The average Bonchev–Trinajstić information content (AvgIpc) is 2.41. The van der Waals surface area contributed by atoms with Crippen LogP contribution in [0.15, 0.2) is 42.5 Å². The highest BCUT2D eigenvalue weighted by atomic mass is 127. The molecule has 2 N–H and O–H groups in total. The Hall–Kier alpha value is -1.76. The van der Waals surface area contributed by atoms with Crippen molar-refractivity contribution in [1.82, 2.24) is 0 Å². The summed E-state index contributed by atoms with van der Waals surface area (Å²) in [7, 11) is 1.50. The zero-order valence-corrected chi connectivity index (χ0v) is 12.3. The highest BCUT2D eigenvalue weighted by Gasteiger charge is 2.13. The highest BCUT2D eigenvalue weighted by molar-refractivity contribution is 14.1. The van der Waals surface area contributed by atoms with Gasteiger partial charge in [-0.1, -0.05) is 12.1 Å². The molecule has 4 nitrogen and oxygen atoms in total. The molecule has 0 saturated carbocycles. The molecule has 0 heterocycles. The number of carbonyl (C=O) groups is 1. The van der Waals surface area contributed by atoms with Crippen LogP contribution in [0.5, 0.6) is 11.5 Å². The predicted molar refractivity (Wildman–Crippen MR) is 81.8 cm³/mol. The number of ether oxygens (including phenoxy) is 1. The lowest BCUT2D eigenvalue weighted by Crippen LogP contribution is -2.12. The molecule has 5 heteroatoms. The molecule has 0 bridgehead atoms. The summed E-state index contributed by atoms with van der Waals surface area (Å²) >= 11 is 2.14. The van der Waals surface area contributed by atoms with E-state index >= 15 is 0 Å². The molecule has 2 aromatic carbocycles. The number of methoxy groups -OCH3 is 1. The number of carbonyl (C=O) groups excluding carboxylic acids is 1. The van der Waals surface area contributed by atoms with E-state index in [0.717, 1.165) is 3.57 Å². The van der Waals surface area contributed by atoms with E-state index in [0.29, 0.717) is 11.4 Å². The zero-order chi connectivity index (χ0) is 13.8. The van der Waals surface area contributed by atoms with Crippen molar-refractivity contribution in [2.24, 2.45) is 0 Å². The maximum absolute atomic E-state index is 12.1. The molecule has 0 spiro atoms. The number of para-hydroxylation sites is 1. The van der Waals surface area contributed by atoms with E-state index in [1.807, 2.05) is 18.2 Å². The molecule has 0 aromatic heterocycles. The Kier molecular flexibility index (Phi) is 4.26. The summed E-state index contributed by atoms with van der Waals surface area (Å²) in [6.07, 6.45) is 0. The van der Waals surface area contributed by atoms with Crippen molar-refractivity contribution in [1.29, 1.82) is 0 Å². The normalized spacial score (nSPS) is 10.0. The van der Waals surface area contributed by atoms with Crippen molar-refractivity contribution in [3.8, 4) is 11.5 Å². The van der Waals surface area contributed by atoms with E-state index in [1.54, 1.807) is 12.1 Å². The summed E-state index contributed by atoms with van der Waals surface area (Å²) in [4.78, 5) is 12.1. The highest BCUT2D eigenvalue weighted by Crippen LogP contribution is 2.25. The third kappa shape index (κ3) is 3.17. The average molecular weight is 369 g/mol. The second-order valence-electron chi connectivity index (χ2n) is 3.82. The maximum atomic E-state index is 12.1. The molecule has 0 radical (unpaired) electrons. The van der Waals surface area contributed by atoms with Gasteiger partial charge in [-0.2, -0.15) is 0 Å². The summed E-state index contributed by atoms with van der Waals surface area (Å²) in [5.74, 6) is 0.0374. The number of nitrogens with one attached hydrogen (secondary N) is 1. The van der Waals surface area contributed by atoms with E-state index in [-0.39, 0.29) is 17.2 Å². The minimum absolute atomic E-state index is 0.109. The molecule has 0 aliphatic rings. The van der Waals surface area contributed by atoms with Gasteiger partial charge in [-0.3, -0.25) is 4.79 Å². The van der Waals surface area contributed by atoms with Gasteiger partial charge in [0, 0.05) is 9.64 Å². The van der Waals surface area contributed by atoms with Crippen LogP contribution in [0.4, 0.5) is 5.69 Å². The number of phenolic OH excluding ortho intramolecular Hbond substituents is 1. The standard InChI is InChI=1S/C14H12INO3/c1-19-9-6-7-10(13(17)8-9)14(18)16-12-5-3-2-4-11(12)15/h2-8,17H,1H3,(H,16,18). The van der Waals surface area contributed by atoms with E-state index < -0.39 is 0 Å². The van der Waals surface area contributed by atoms with Crippen LogP contribution in [0.1, 0.15) is 10.4 Å². The first-order valence-electron chi connectivity index (χ1n) is 5.54. The van der Waals surface area contributed by atoms with Gasteiger partial charge in [-0.05, 0) is 46.9 Å². The summed E-state index contributed by atoms with van der Waals surface area (Å²) in [5, 5.41) is 12.6. The van der Waals surface area contributed by atoms with Gasteiger partial charge in [0.05, 0.1) is 18.4 Å². The monoisotopic (exact) mass is 369 g/mol. The SMILES string of the molecule is COc1ccc(C(=O)Nc2ccccc2I)c(O)c1. The molecule has 98 valence electrons. The van der Waals surface area contributed by atoms with Gasteiger partial charge in [0.1, 0.15) is 11.5 Å². The first-order chi connectivity index (χ1) is 9.11. The van der Waals surface area contributed by atoms with Crippen molar-refractivity contribution >= 4 is 34.2 Å². The minimum atomic E-state index is -0.357. The number of hydrogen-bond acceptors (Lipinski definition) is 3. The van der Waals surface area contributed by atoms with Crippen molar-refractivity contribution in [2.45, 2.75) is 0 Å². The number of phenols is 1. The smallest absolute Gasteiger partial charge is 0.259 e. The molecular formula is C14H12INO3. The van der Waals surface area contributed by atoms with Crippen molar-refractivity contribution < 1.29 is 14.6 Å². The fourth-order valence-electron chi connectivity index (χ4n) is 1.58. The Morgan fingerprint density at radius 3 is 2.63 bits per heavy atom. The zero-order valence-electron chi connectivity index (χ0n) is 10.2. The minimum Gasteiger partial charge on any atom is -0.507 e. The van der Waals surface area contributed by atoms with Gasteiger partial charge in [0.15, 0.2) is 0 Å². The lowest BCUT2D eigenvalue weighted by atomic mass is 10.1. The number of amides is 1. The van der Waals surface area contributed by atoms with E-state index in [9.17, 15) is 9.90 Å². The Morgan fingerprint density at radius 1 is 1.26 bits per heavy atom. The van der Waals surface area contributed by atoms with E-state index in [2.05, 4.69) is 27.9 Å². The lowest BCUT2D eigenvalue weighted by Gasteiger charge is -2.09. The molecular weight excluding hydrogens is 357 g/mol. The molecule has 2 rings (SSSR count). The fourth-order valence-corrected chi connectivity index (χ4v) is 2.10. The number of anilines is 1. The molecule has 1 amide bonds. The summed E-state index contributed by atoms with van der Waals surface area (Å²) in [5.41, 5.74) is 0.920. The van der Waals surface area contributed by atoms with Gasteiger partial charge in [0.25, 0.3) is 5.91 Å². The van der Waals surface area contributed by atoms with Crippen LogP contribution in [0.3, 0.4) is 0 Å². The number of halogens is 1. The van der Waals surface area contributed by atoms with Crippen LogP contribution in [0.25, 0.3) is 0 Å². The Balaban J connectivity index is 2.23. The van der Waals surface area contributed by atoms with Crippen LogP contribution in [0.2, 0.25) is 0 Å². The molecule has 0 aliphatic carbocycles. The van der Waals surface area contributed by atoms with Crippen LogP contribution in [0, 0.1) is 3.57 Å².